The van der Waals surface area contributed by atoms with Gasteiger partial charge in [-0.25, -0.2) is 0 Å². The van der Waals surface area contributed by atoms with E-state index in [1.807, 2.05) is 30.3 Å². The maximum absolute atomic E-state index is 8.97. The van der Waals surface area contributed by atoms with Crippen LogP contribution in [0.1, 0.15) is 0 Å². The second-order valence-corrected chi connectivity index (χ2v) is 5.02. The van der Waals surface area contributed by atoms with E-state index in [2.05, 4.69) is 30.5 Å². The summed E-state index contributed by atoms with van der Waals surface area (Å²) in [6.45, 7) is 3.21. The van der Waals surface area contributed by atoms with Crippen LogP contribution in [-0.2, 0) is 4.74 Å². The number of para-hydroxylation sites is 1. The fraction of sp³-hybridized carbons (Fsp3) is 0.400. The highest BCUT2D eigenvalue weighted by Crippen LogP contribution is 2.18. The minimum absolute atomic E-state index is 0.0139. The monoisotopic (exact) mass is 316 g/mol. The molecule has 0 unspecified atom stereocenters. The summed E-state index contributed by atoms with van der Waals surface area (Å²) in [6.07, 6.45) is 0. The predicted octanol–water partition coefficient (Wildman–Crippen LogP) is 0.856. The van der Waals surface area contributed by atoms with Gasteiger partial charge in [0, 0.05) is 25.3 Å². The number of rotatable bonds is 6. The molecule has 1 saturated heterocycles. The molecule has 1 aliphatic heterocycles. The Bertz CT molecular complexity index is 619. The van der Waals surface area contributed by atoms with Crippen molar-refractivity contribution in [3.63, 3.8) is 0 Å². The Morgan fingerprint density at radius 1 is 1.04 bits per heavy atom. The summed E-state index contributed by atoms with van der Waals surface area (Å²) in [4.78, 5) is 15.3. The molecule has 0 bridgehead atoms. The SMILES string of the molecule is OCCNc1nc(Nc2ccccc2)nc(N2CCOCC2)n1. The molecule has 3 rings (SSSR count). The van der Waals surface area contributed by atoms with Crippen molar-refractivity contribution in [3.8, 4) is 0 Å². The highest BCUT2D eigenvalue weighted by Gasteiger charge is 2.16. The number of nitrogens with one attached hydrogen (secondary N) is 2. The maximum atomic E-state index is 8.97. The third-order valence-corrected chi connectivity index (χ3v) is 3.34. The van der Waals surface area contributed by atoms with Gasteiger partial charge < -0.3 is 25.4 Å². The predicted molar refractivity (Wildman–Crippen MR) is 88.2 cm³/mol. The van der Waals surface area contributed by atoms with E-state index in [1.165, 1.54) is 0 Å². The summed E-state index contributed by atoms with van der Waals surface area (Å²) >= 11 is 0. The number of aliphatic hydroxyl groups is 1. The zero-order valence-electron chi connectivity index (χ0n) is 12.8. The molecule has 8 heteroatoms. The second-order valence-electron chi connectivity index (χ2n) is 5.02. The Labute approximate surface area is 134 Å². The molecular weight excluding hydrogens is 296 g/mol. The topological polar surface area (TPSA) is 95.4 Å². The first-order valence-electron chi connectivity index (χ1n) is 7.61. The Morgan fingerprint density at radius 2 is 1.78 bits per heavy atom. The van der Waals surface area contributed by atoms with E-state index in [4.69, 9.17) is 9.84 Å². The largest absolute Gasteiger partial charge is 0.395 e. The smallest absolute Gasteiger partial charge is 0.233 e. The number of nitrogens with zero attached hydrogens (tertiary/aromatic N) is 4. The van der Waals surface area contributed by atoms with Gasteiger partial charge in [-0.15, -0.1) is 0 Å². The number of ether oxygens (including phenoxy) is 1. The molecule has 0 atom stereocenters. The number of hydrogen-bond acceptors (Lipinski definition) is 8. The molecule has 2 aromatic rings. The molecule has 1 fully saturated rings. The molecule has 122 valence electrons. The molecule has 1 aromatic carbocycles. The fourth-order valence-electron chi connectivity index (χ4n) is 2.22. The zero-order valence-corrected chi connectivity index (χ0v) is 12.8. The van der Waals surface area contributed by atoms with Gasteiger partial charge in [-0.1, -0.05) is 18.2 Å². The van der Waals surface area contributed by atoms with Crippen molar-refractivity contribution >= 4 is 23.5 Å². The van der Waals surface area contributed by atoms with E-state index in [0.29, 0.717) is 37.6 Å². The van der Waals surface area contributed by atoms with Crippen LogP contribution in [0.3, 0.4) is 0 Å². The lowest BCUT2D eigenvalue weighted by molar-refractivity contribution is 0.122. The Morgan fingerprint density at radius 3 is 2.52 bits per heavy atom. The first kappa shape index (κ1) is 15.4. The Hall–Kier alpha value is -2.45. The van der Waals surface area contributed by atoms with Crippen LogP contribution in [0.5, 0.6) is 0 Å². The summed E-state index contributed by atoms with van der Waals surface area (Å²) in [5, 5.41) is 15.1. The summed E-state index contributed by atoms with van der Waals surface area (Å²) in [5.41, 5.74) is 0.903. The molecule has 0 saturated carbocycles. The minimum Gasteiger partial charge on any atom is -0.395 e. The van der Waals surface area contributed by atoms with Crippen LogP contribution in [0.15, 0.2) is 30.3 Å². The lowest BCUT2D eigenvalue weighted by Crippen LogP contribution is -2.37. The van der Waals surface area contributed by atoms with Crippen LogP contribution < -0.4 is 15.5 Å². The standard InChI is InChI=1S/C15H20N6O2/c22-9-6-16-13-18-14(17-12-4-2-1-3-5-12)20-15(19-13)21-7-10-23-11-8-21/h1-5,22H,6-11H2,(H2,16,17,18,19,20). The van der Waals surface area contributed by atoms with Crippen molar-refractivity contribution in [2.45, 2.75) is 0 Å². The van der Waals surface area contributed by atoms with Crippen molar-refractivity contribution in [2.75, 3.05) is 55.0 Å². The molecule has 0 radical (unpaired) electrons. The van der Waals surface area contributed by atoms with Crippen molar-refractivity contribution in [3.05, 3.63) is 30.3 Å². The Balaban J connectivity index is 1.84. The van der Waals surface area contributed by atoms with Crippen LogP contribution in [0.25, 0.3) is 0 Å². The van der Waals surface area contributed by atoms with Crippen molar-refractivity contribution in [1.29, 1.82) is 0 Å². The number of aromatic nitrogens is 3. The number of anilines is 4. The summed E-state index contributed by atoms with van der Waals surface area (Å²) in [5.74, 6) is 1.50. The van der Waals surface area contributed by atoms with Gasteiger partial charge in [0.15, 0.2) is 0 Å². The molecule has 0 aliphatic carbocycles. The van der Waals surface area contributed by atoms with Crippen molar-refractivity contribution in [2.24, 2.45) is 0 Å². The zero-order chi connectivity index (χ0) is 15.9. The summed E-state index contributed by atoms with van der Waals surface area (Å²) in [7, 11) is 0. The molecular formula is C15H20N6O2. The van der Waals surface area contributed by atoms with E-state index >= 15 is 0 Å². The van der Waals surface area contributed by atoms with Crippen molar-refractivity contribution in [1.82, 2.24) is 15.0 Å². The molecule has 1 aromatic heterocycles. The molecule has 1 aliphatic rings. The average Bonchev–Trinajstić information content (AvgIpc) is 2.61. The molecule has 0 spiro atoms. The first-order valence-corrected chi connectivity index (χ1v) is 7.61. The molecule has 23 heavy (non-hydrogen) atoms. The summed E-state index contributed by atoms with van der Waals surface area (Å²) in [6, 6.07) is 9.72. The van der Waals surface area contributed by atoms with E-state index in [-0.39, 0.29) is 6.61 Å². The normalized spacial score (nSPS) is 14.6. The van der Waals surface area contributed by atoms with Crippen LogP contribution in [-0.4, -0.2) is 59.5 Å². The maximum Gasteiger partial charge on any atom is 0.233 e. The van der Waals surface area contributed by atoms with Gasteiger partial charge in [0.05, 0.1) is 19.8 Å². The van der Waals surface area contributed by atoms with Gasteiger partial charge in [0.2, 0.25) is 17.8 Å². The fourth-order valence-corrected chi connectivity index (χ4v) is 2.22. The number of hydrogen-bond donors (Lipinski definition) is 3. The van der Waals surface area contributed by atoms with E-state index < -0.39 is 0 Å². The molecule has 8 nitrogen and oxygen atoms in total. The highest BCUT2D eigenvalue weighted by molar-refractivity contribution is 5.55. The van der Waals surface area contributed by atoms with Gasteiger partial charge >= 0.3 is 0 Å². The van der Waals surface area contributed by atoms with Gasteiger partial charge in [-0.3, -0.25) is 0 Å². The van der Waals surface area contributed by atoms with Crippen LogP contribution in [0.2, 0.25) is 0 Å². The average molecular weight is 316 g/mol. The molecule has 3 N–H and O–H groups in total. The molecule has 0 amide bonds. The van der Waals surface area contributed by atoms with Gasteiger partial charge in [0.25, 0.3) is 0 Å². The quantitative estimate of drug-likeness (QED) is 0.722. The van der Waals surface area contributed by atoms with E-state index in [1.54, 1.807) is 0 Å². The van der Waals surface area contributed by atoms with Crippen LogP contribution >= 0.6 is 0 Å². The molecule has 2 heterocycles. The van der Waals surface area contributed by atoms with Crippen LogP contribution in [0.4, 0.5) is 23.5 Å². The van der Waals surface area contributed by atoms with E-state index in [9.17, 15) is 0 Å². The second kappa shape index (κ2) is 7.70. The third kappa shape index (κ3) is 4.27. The first-order chi connectivity index (χ1) is 11.3. The lowest BCUT2D eigenvalue weighted by Gasteiger charge is -2.27. The number of aliphatic hydroxyl groups excluding tert-OH is 1. The Kier molecular flexibility index (Phi) is 5.17. The van der Waals surface area contributed by atoms with E-state index in [0.717, 1.165) is 18.8 Å². The highest BCUT2D eigenvalue weighted by atomic mass is 16.5. The minimum atomic E-state index is 0.0139. The van der Waals surface area contributed by atoms with Gasteiger partial charge in [0.1, 0.15) is 0 Å². The number of benzene rings is 1. The third-order valence-electron chi connectivity index (χ3n) is 3.34. The van der Waals surface area contributed by atoms with Crippen LogP contribution in [0, 0.1) is 0 Å². The number of morpholine rings is 1. The van der Waals surface area contributed by atoms with Gasteiger partial charge in [-0.2, -0.15) is 15.0 Å². The van der Waals surface area contributed by atoms with Crippen molar-refractivity contribution < 1.29 is 9.84 Å². The lowest BCUT2D eigenvalue weighted by atomic mass is 10.3. The van der Waals surface area contributed by atoms with Gasteiger partial charge in [-0.05, 0) is 12.1 Å². The summed E-state index contributed by atoms with van der Waals surface area (Å²) < 4.78 is 5.37.